The molecule has 4 aromatic carbocycles. The third kappa shape index (κ3) is 17.8. The second-order valence-corrected chi connectivity index (χ2v) is 28.9. The van der Waals surface area contributed by atoms with E-state index in [-0.39, 0.29) is 35.8 Å². The number of nitrogens with zero attached hydrogens (tertiary/aromatic N) is 10. The molecule has 13 rings (SSSR count). The lowest BCUT2D eigenvalue weighted by molar-refractivity contribution is 0.0935. The van der Waals surface area contributed by atoms with E-state index in [1.807, 2.05) is 117 Å². The summed E-state index contributed by atoms with van der Waals surface area (Å²) >= 11 is 20.5. The van der Waals surface area contributed by atoms with Crippen molar-refractivity contribution in [1.82, 2.24) is 59.4 Å². The number of amides is 2. The summed E-state index contributed by atoms with van der Waals surface area (Å²) < 4.78 is 50.1. The molecule has 0 atom stereocenters. The Labute approximate surface area is 576 Å². The van der Waals surface area contributed by atoms with E-state index in [9.17, 15) is 18.4 Å². The molecule has 7 aromatic heterocycles. The van der Waals surface area contributed by atoms with Gasteiger partial charge in [0.15, 0.2) is 17.1 Å². The maximum Gasteiger partial charge on any atom is 0.257 e. The van der Waals surface area contributed by atoms with Crippen LogP contribution in [0.2, 0.25) is 15.1 Å². The van der Waals surface area contributed by atoms with Crippen LogP contribution in [0.1, 0.15) is 166 Å². The molecule has 18 nitrogen and oxygen atoms in total. The summed E-state index contributed by atoms with van der Waals surface area (Å²) in [5, 5.41) is 21.9. The van der Waals surface area contributed by atoms with E-state index >= 15 is 0 Å². The molecule has 0 radical (unpaired) electrons. The summed E-state index contributed by atoms with van der Waals surface area (Å²) in [7, 11) is 0. The first-order chi connectivity index (χ1) is 45.5. The molecule has 0 aliphatic heterocycles. The average Bonchev–Trinajstić information content (AvgIpc) is 1.72. The third-order valence-corrected chi connectivity index (χ3v) is 17.3. The minimum atomic E-state index is -0.555. The van der Waals surface area contributed by atoms with E-state index in [1.54, 1.807) is 40.7 Å². The zero-order valence-electron chi connectivity index (χ0n) is 55.6. The molecule has 2 amide bonds. The van der Waals surface area contributed by atoms with Crippen LogP contribution < -0.4 is 25.8 Å². The molecule has 502 valence electrons. The van der Waals surface area contributed by atoms with Crippen LogP contribution >= 0.6 is 46.6 Å². The van der Waals surface area contributed by atoms with Crippen molar-refractivity contribution in [1.29, 1.82) is 0 Å². The molecule has 0 spiro atoms. The topological polar surface area (TPSA) is 219 Å². The van der Waals surface area contributed by atoms with Gasteiger partial charge in [0, 0.05) is 79.0 Å². The monoisotopic (exact) mass is 1380 g/mol. The normalized spacial score (nSPS) is 13.2. The van der Waals surface area contributed by atoms with E-state index in [4.69, 9.17) is 64.4 Å². The second kappa shape index (κ2) is 29.9. The predicted octanol–water partition coefficient (Wildman–Crippen LogP) is 16.2. The molecular formula is C72H78Cl3F2N13O5S. The number of aryl methyl sites for hydroxylation is 3. The molecule has 24 heteroatoms. The summed E-state index contributed by atoms with van der Waals surface area (Å²) in [4.78, 5) is 45.8. The van der Waals surface area contributed by atoms with E-state index in [0.29, 0.717) is 90.8 Å². The van der Waals surface area contributed by atoms with Crippen LogP contribution in [0.4, 0.5) is 8.78 Å². The number of ether oxygens (including phenoxy) is 2. The molecule has 0 bridgehead atoms. The standard InChI is InChI=1S/C26H25Cl2FN4O2.C24H28ClFN4O2.C18H14N4OS.C4H11N/c1-15-19(11-16-9-10-18(29)12-22(16)28)25(35-26(2,3)4)33-23(32-15)20(14-31-33)24(34)30-13-17-7-5-6-8-21(17)27;1-14-18(11-15-9-10-16(26)12-20(15)25)23(32-24(2,3)4)30-21(28-14)19(13-27-30)22(31)29-17-7-5-6-8-17;1-2-6-12(7-3-1)24-17-13-8-4-9-14(13)19-18-20-16(21-22(17)18)15-10-5-11-23-15;1-4(2,3)5/h5-10,12,14H,11,13H2,1-4H3,(H,30,34);9-10,12-13,17H,5-8,11H2,1-4H3,(H,29,31);1-3,5-7,10-11H,4,8-9H2;5H2,1-3H3. The van der Waals surface area contributed by atoms with Gasteiger partial charge in [0.1, 0.15) is 39.0 Å². The SMILES string of the molecule is CC(C)(C)N.Cc1nc2c(C(=O)NC3CCCC3)cnn2c(OC(C)(C)C)c1Cc1ccc(F)cc1Cl.Cc1nc2c(C(=O)NCc3ccccc3Cl)cnn2c(OC(C)(C)C)c1Cc1ccc(F)cc1Cl.c1ccc(Sc2c3c(nc4nc(-c5ccco5)nn24)CCC3)cc1. The van der Waals surface area contributed by atoms with E-state index in [1.165, 1.54) is 51.6 Å². The van der Waals surface area contributed by atoms with Crippen molar-refractivity contribution in [3.05, 3.63) is 210 Å². The first-order valence-electron chi connectivity index (χ1n) is 31.7. The molecule has 1 fully saturated rings. The highest BCUT2D eigenvalue weighted by atomic mass is 35.5. The molecule has 4 N–H and O–H groups in total. The number of rotatable bonds is 14. The van der Waals surface area contributed by atoms with Crippen LogP contribution in [-0.4, -0.2) is 83.4 Å². The highest BCUT2D eigenvalue weighted by molar-refractivity contribution is 7.99. The number of nitrogens with two attached hydrogens (primary N) is 1. The number of benzene rings is 4. The van der Waals surface area contributed by atoms with Gasteiger partial charge in [-0.25, -0.2) is 23.7 Å². The van der Waals surface area contributed by atoms with Crippen LogP contribution in [0.25, 0.3) is 28.7 Å². The smallest absolute Gasteiger partial charge is 0.257 e. The highest BCUT2D eigenvalue weighted by Gasteiger charge is 2.29. The molecular weight excluding hydrogens is 1300 g/mol. The zero-order chi connectivity index (χ0) is 68.8. The molecule has 2 aliphatic carbocycles. The van der Waals surface area contributed by atoms with Gasteiger partial charge in [-0.2, -0.15) is 28.7 Å². The van der Waals surface area contributed by atoms with Crippen LogP contribution in [-0.2, 0) is 32.2 Å². The van der Waals surface area contributed by atoms with Gasteiger partial charge in [0.2, 0.25) is 17.6 Å². The molecule has 0 saturated heterocycles. The van der Waals surface area contributed by atoms with Gasteiger partial charge < -0.3 is 30.3 Å². The van der Waals surface area contributed by atoms with Crippen molar-refractivity contribution in [2.24, 2.45) is 5.73 Å². The largest absolute Gasteiger partial charge is 0.472 e. The van der Waals surface area contributed by atoms with Crippen LogP contribution in [0, 0.1) is 25.5 Å². The fraction of sp³-hybridized carbons (Fsp3) is 0.347. The molecule has 11 aromatic rings. The first kappa shape index (κ1) is 70.3. The summed E-state index contributed by atoms with van der Waals surface area (Å²) in [6.45, 7) is 21.5. The zero-order valence-corrected chi connectivity index (χ0v) is 58.7. The van der Waals surface area contributed by atoms with Crippen molar-refractivity contribution >= 4 is 75.5 Å². The maximum atomic E-state index is 13.6. The Balaban J connectivity index is 0.000000153. The molecule has 7 heterocycles. The summed E-state index contributed by atoms with van der Waals surface area (Å²) in [5.74, 6) is 1.53. The van der Waals surface area contributed by atoms with Crippen molar-refractivity contribution in [3.63, 3.8) is 0 Å². The van der Waals surface area contributed by atoms with Crippen LogP contribution in [0.3, 0.4) is 0 Å². The van der Waals surface area contributed by atoms with Crippen molar-refractivity contribution in [2.75, 3.05) is 0 Å². The summed E-state index contributed by atoms with van der Waals surface area (Å²) in [6, 6.07) is 30.2. The molecule has 2 aliphatic rings. The predicted molar refractivity (Wildman–Crippen MR) is 372 cm³/mol. The van der Waals surface area contributed by atoms with Crippen molar-refractivity contribution in [3.8, 4) is 23.3 Å². The number of aromatic nitrogens is 10. The minimum absolute atomic E-state index is 0. The van der Waals surface area contributed by atoms with Gasteiger partial charge >= 0.3 is 0 Å². The number of halogens is 5. The number of fused-ring (bicyclic) bond motifs is 4. The quantitative estimate of drug-likeness (QED) is 0.0863. The van der Waals surface area contributed by atoms with Gasteiger partial charge in [-0.3, -0.25) is 9.59 Å². The number of nitrogens with one attached hydrogen (secondary N) is 2. The minimum Gasteiger partial charge on any atom is -0.472 e. The Morgan fingerprint density at radius 2 is 1.19 bits per heavy atom. The number of hydrogen-bond donors (Lipinski definition) is 3. The number of carbonyl (C=O) groups is 2. The van der Waals surface area contributed by atoms with E-state index < -0.39 is 17.0 Å². The third-order valence-electron chi connectivity index (χ3n) is 15.1. The van der Waals surface area contributed by atoms with Crippen molar-refractivity contribution in [2.45, 2.75) is 173 Å². The van der Waals surface area contributed by atoms with Gasteiger partial charge in [-0.15, -0.1) is 5.10 Å². The average molecular weight is 1380 g/mol. The van der Waals surface area contributed by atoms with Gasteiger partial charge in [0.05, 0.1) is 24.4 Å². The summed E-state index contributed by atoms with van der Waals surface area (Å²) in [6.07, 6.45) is 12.8. The lowest BCUT2D eigenvalue weighted by Crippen LogP contribution is -2.32. The Hall–Kier alpha value is -8.47. The van der Waals surface area contributed by atoms with Gasteiger partial charge in [0.25, 0.3) is 17.6 Å². The first-order valence-corrected chi connectivity index (χ1v) is 33.7. The Kier molecular flexibility index (Phi) is 21.9. The number of hydrogen-bond acceptors (Lipinski definition) is 14. The molecule has 96 heavy (non-hydrogen) atoms. The Morgan fingerprint density at radius 3 is 1.71 bits per heavy atom. The fourth-order valence-corrected chi connectivity index (χ4v) is 12.5. The fourth-order valence-electron chi connectivity index (χ4n) is 10.7. The Morgan fingerprint density at radius 1 is 0.646 bits per heavy atom. The maximum absolute atomic E-state index is 13.6. The van der Waals surface area contributed by atoms with E-state index in [2.05, 4.69) is 60.2 Å². The Bertz CT molecular complexity index is 4590. The van der Waals surface area contributed by atoms with Crippen LogP contribution in [0.15, 0.2) is 136 Å². The lowest BCUT2D eigenvalue weighted by atomic mass is 10.0. The number of furan rings is 1. The van der Waals surface area contributed by atoms with Gasteiger partial charge in [-0.05, 0) is 180 Å². The van der Waals surface area contributed by atoms with Gasteiger partial charge in [-0.1, -0.05) is 108 Å². The second-order valence-electron chi connectivity index (χ2n) is 26.6. The van der Waals surface area contributed by atoms with Crippen LogP contribution in [0.5, 0.6) is 11.8 Å². The molecule has 0 unspecified atom stereocenters. The van der Waals surface area contributed by atoms with Crippen molar-refractivity contribution < 1.29 is 32.3 Å². The van der Waals surface area contributed by atoms with E-state index in [0.717, 1.165) is 83.5 Å². The highest BCUT2D eigenvalue weighted by Crippen LogP contribution is 2.38. The summed E-state index contributed by atoms with van der Waals surface area (Å²) in [5.41, 5.74) is 13.4. The lowest BCUT2D eigenvalue weighted by Gasteiger charge is -2.24. The number of carbonyl (C=O) groups excluding carboxylic acids is 2. The molecule has 1 saturated carbocycles.